The van der Waals surface area contributed by atoms with Crippen LogP contribution >= 0.6 is 0 Å². The number of urea groups is 1. The second kappa shape index (κ2) is 10.1. The zero-order valence-electron chi connectivity index (χ0n) is 13.0. The number of amides is 3. The highest BCUT2D eigenvalue weighted by Gasteiger charge is 2.14. The maximum Gasteiger partial charge on any atom is 0.387 e. The van der Waals surface area contributed by atoms with Crippen LogP contribution in [0.1, 0.15) is 30.1 Å². The molecular weight excluding hydrogens is 326 g/mol. The van der Waals surface area contributed by atoms with Gasteiger partial charge in [-0.15, -0.1) is 0 Å². The van der Waals surface area contributed by atoms with Gasteiger partial charge in [-0.05, 0) is 24.6 Å². The average molecular weight is 344 g/mol. The van der Waals surface area contributed by atoms with Gasteiger partial charge in [0.1, 0.15) is 5.75 Å². The van der Waals surface area contributed by atoms with Gasteiger partial charge in [0.2, 0.25) is 0 Å². The summed E-state index contributed by atoms with van der Waals surface area (Å²) in [5, 5.41) is 4.45. The van der Waals surface area contributed by atoms with E-state index < -0.39 is 31.1 Å². The summed E-state index contributed by atoms with van der Waals surface area (Å²) in [5.41, 5.74) is -0.0617. The number of ether oxygens (including phenoxy) is 2. The Morgan fingerprint density at radius 3 is 2.67 bits per heavy atom. The minimum Gasteiger partial charge on any atom is -0.452 e. The van der Waals surface area contributed by atoms with Crippen LogP contribution in [0.2, 0.25) is 0 Å². The molecule has 0 radical (unpaired) electrons. The van der Waals surface area contributed by atoms with Gasteiger partial charge in [-0.3, -0.25) is 10.1 Å². The number of carbonyl (C=O) groups is 3. The van der Waals surface area contributed by atoms with Gasteiger partial charge in [0.15, 0.2) is 6.61 Å². The molecule has 0 aromatic heterocycles. The number of benzene rings is 1. The SMILES string of the molecule is CCCCNC(=O)NC(=O)COC(=O)c1cccc(OC(F)F)c1. The summed E-state index contributed by atoms with van der Waals surface area (Å²) < 4.78 is 33.1. The third-order valence-corrected chi connectivity index (χ3v) is 2.70. The maximum atomic E-state index is 12.1. The molecule has 0 aliphatic rings. The molecule has 9 heteroatoms. The summed E-state index contributed by atoms with van der Waals surface area (Å²) in [6, 6.07) is 4.27. The molecule has 0 bridgehead atoms. The highest BCUT2D eigenvalue weighted by molar-refractivity contribution is 5.97. The van der Waals surface area contributed by atoms with E-state index in [1.165, 1.54) is 18.2 Å². The van der Waals surface area contributed by atoms with E-state index in [0.29, 0.717) is 6.54 Å². The molecule has 0 spiro atoms. The molecule has 0 aliphatic heterocycles. The Hall–Kier alpha value is -2.71. The maximum absolute atomic E-state index is 12.1. The van der Waals surface area contributed by atoms with Gasteiger partial charge in [-0.1, -0.05) is 19.4 Å². The molecule has 3 amide bonds. The smallest absolute Gasteiger partial charge is 0.387 e. The Balaban J connectivity index is 2.42. The molecule has 1 aromatic carbocycles. The highest BCUT2D eigenvalue weighted by atomic mass is 19.3. The minimum atomic E-state index is -3.02. The second-order valence-electron chi connectivity index (χ2n) is 4.64. The van der Waals surface area contributed by atoms with E-state index in [2.05, 4.69) is 10.1 Å². The molecule has 0 heterocycles. The fourth-order valence-corrected chi connectivity index (χ4v) is 1.60. The molecule has 1 aromatic rings. The average Bonchev–Trinajstić information content (AvgIpc) is 2.52. The number of alkyl halides is 2. The van der Waals surface area contributed by atoms with Crippen LogP contribution in [0.5, 0.6) is 5.75 Å². The van der Waals surface area contributed by atoms with Crippen LogP contribution in [0.3, 0.4) is 0 Å². The predicted molar refractivity (Wildman–Crippen MR) is 79.8 cm³/mol. The van der Waals surface area contributed by atoms with Crippen molar-refractivity contribution in [2.24, 2.45) is 0 Å². The standard InChI is InChI=1S/C15H18F2N2O5/c1-2-3-7-18-15(22)19-12(20)9-23-13(21)10-5-4-6-11(8-10)24-14(16)17/h4-6,8,14H,2-3,7,9H2,1H3,(H2,18,19,20,22). The van der Waals surface area contributed by atoms with E-state index in [1.54, 1.807) is 0 Å². The Labute approximate surface area is 137 Å². The van der Waals surface area contributed by atoms with Crippen LogP contribution in [-0.2, 0) is 9.53 Å². The van der Waals surface area contributed by atoms with Crippen molar-refractivity contribution in [1.82, 2.24) is 10.6 Å². The lowest BCUT2D eigenvalue weighted by molar-refractivity contribution is -0.123. The number of esters is 1. The largest absolute Gasteiger partial charge is 0.452 e. The molecule has 0 atom stereocenters. The van der Waals surface area contributed by atoms with Gasteiger partial charge in [-0.2, -0.15) is 8.78 Å². The Bertz CT molecular complexity index is 581. The minimum absolute atomic E-state index is 0.0617. The van der Waals surface area contributed by atoms with Crippen molar-refractivity contribution in [2.45, 2.75) is 26.4 Å². The van der Waals surface area contributed by atoms with E-state index in [4.69, 9.17) is 4.74 Å². The summed E-state index contributed by atoms with van der Waals surface area (Å²) in [6.45, 7) is -1.33. The van der Waals surface area contributed by atoms with Gasteiger partial charge in [0.25, 0.3) is 5.91 Å². The number of carbonyl (C=O) groups excluding carboxylic acids is 3. The molecule has 24 heavy (non-hydrogen) atoms. The van der Waals surface area contributed by atoms with Crippen molar-refractivity contribution in [3.8, 4) is 5.75 Å². The number of imide groups is 1. The predicted octanol–water partition coefficient (Wildman–Crippen LogP) is 2.07. The molecule has 0 unspecified atom stereocenters. The fourth-order valence-electron chi connectivity index (χ4n) is 1.60. The Kier molecular flexibility index (Phi) is 8.17. The molecule has 2 N–H and O–H groups in total. The number of hydrogen-bond donors (Lipinski definition) is 2. The van der Waals surface area contributed by atoms with Crippen LogP contribution in [0.15, 0.2) is 24.3 Å². The lowest BCUT2D eigenvalue weighted by Crippen LogP contribution is -2.41. The topological polar surface area (TPSA) is 93.7 Å². The third kappa shape index (κ3) is 7.52. The third-order valence-electron chi connectivity index (χ3n) is 2.70. The van der Waals surface area contributed by atoms with Crippen LogP contribution < -0.4 is 15.4 Å². The first kappa shape index (κ1) is 19.3. The number of nitrogens with one attached hydrogen (secondary N) is 2. The lowest BCUT2D eigenvalue weighted by atomic mass is 10.2. The Morgan fingerprint density at radius 2 is 2.00 bits per heavy atom. The molecule has 0 fully saturated rings. The van der Waals surface area contributed by atoms with Gasteiger partial charge < -0.3 is 14.8 Å². The first-order chi connectivity index (χ1) is 11.4. The van der Waals surface area contributed by atoms with E-state index in [-0.39, 0.29) is 11.3 Å². The van der Waals surface area contributed by atoms with Crippen LogP contribution in [0.4, 0.5) is 13.6 Å². The summed E-state index contributed by atoms with van der Waals surface area (Å²) in [5.74, 6) is -1.92. The second-order valence-corrected chi connectivity index (χ2v) is 4.64. The van der Waals surface area contributed by atoms with E-state index in [1.807, 2.05) is 12.2 Å². The van der Waals surface area contributed by atoms with E-state index in [9.17, 15) is 23.2 Å². The van der Waals surface area contributed by atoms with Crippen molar-refractivity contribution in [3.63, 3.8) is 0 Å². The molecule has 0 saturated heterocycles. The summed E-state index contributed by atoms with van der Waals surface area (Å²) >= 11 is 0. The number of unbranched alkanes of at least 4 members (excludes halogenated alkanes) is 1. The van der Waals surface area contributed by atoms with Crippen molar-refractivity contribution < 1.29 is 32.6 Å². The number of hydrogen-bond acceptors (Lipinski definition) is 5. The molecule has 132 valence electrons. The summed E-state index contributed by atoms with van der Waals surface area (Å²) in [7, 11) is 0. The van der Waals surface area contributed by atoms with Crippen molar-refractivity contribution in [1.29, 1.82) is 0 Å². The monoisotopic (exact) mass is 344 g/mol. The van der Waals surface area contributed by atoms with Crippen molar-refractivity contribution in [2.75, 3.05) is 13.2 Å². The number of rotatable bonds is 8. The van der Waals surface area contributed by atoms with Crippen LogP contribution in [0, 0.1) is 0 Å². The zero-order chi connectivity index (χ0) is 17.9. The van der Waals surface area contributed by atoms with Gasteiger partial charge >= 0.3 is 18.6 Å². The van der Waals surface area contributed by atoms with Gasteiger partial charge in [-0.25, -0.2) is 9.59 Å². The van der Waals surface area contributed by atoms with E-state index >= 15 is 0 Å². The van der Waals surface area contributed by atoms with Gasteiger partial charge in [0, 0.05) is 6.54 Å². The summed E-state index contributed by atoms with van der Waals surface area (Å²) in [6.07, 6.45) is 1.66. The van der Waals surface area contributed by atoms with Crippen LogP contribution in [0.25, 0.3) is 0 Å². The molecule has 0 saturated carbocycles. The van der Waals surface area contributed by atoms with Crippen molar-refractivity contribution >= 4 is 17.9 Å². The first-order valence-corrected chi connectivity index (χ1v) is 7.22. The fraction of sp³-hybridized carbons (Fsp3) is 0.400. The van der Waals surface area contributed by atoms with Gasteiger partial charge in [0.05, 0.1) is 5.56 Å². The number of halogens is 2. The van der Waals surface area contributed by atoms with Crippen molar-refractivity contribution in [3.05, 3.63) is 29.8 Å². The van der Waals surface area contributed by atoms with E-state index in [0.717, 1.165) is 18.9 Å². The zero-order valence-corrected chi connectivity index (χ0v) is 13.0. The molecular formula is C15H18F2N2O5. The summed E-state index contributed by atoms with van der Waals surface area (Å²) in [4.78, 5) is 34.5. The van der Waals surface area contributed by atoms with Crippen LogP contribution in [-0.4, -0.2) is 37.7 Å². The molecule has 0 aliphatic carbocycles. The first-order valence-electron chi connectivity index (χ1n) is 7.22. The molecule has 7 nitrogen and oxygen atoms in total. The quantitative estimate of drug-likeness (QED) is 0.556. The molecule has 1 rings (SSSR count). The highest BCUT2D eigenvalue weighted by Crippen LogP contribution is 2.16. The normalized spacial score (nSPS) is 10.2. The lowest BCUT2D eigenvalue weighted by Gasteiger charge is -2.08. The Morgan fingerprint density at radius 1 is 1.25 bits per heavy atom.